The van der Waals surface area contributed by atoms with Gasteiger partial charge in [-0.3, -0.25) is 14.5 Å². The smallest absolute Gasteiger partial charge is 0.339 e. The summed E-state index contributed by atoms with van der Waals surface area (Å²) in [4.78, 5) is 45.5. The van der Waals surface area contributed by atoms with Crippen LogP contribution >= 0.6 is 11.3 Å². The van der Waals surface area contributed by atoms with Crippen molar-refractivity contribution in [2.45, 2.75) is 51.2 Å². The van der Waals surface area contributed by atoms with Gasteiger partial charge >= 0.3 is 5.97 Å². The van der Waals surface area contributed by atoms with Crippen molar-refractivity contribution >= 4 is 34.1 Å². The fourth-order valence-electron chi connectivity index (χ4n) is 4.18. The lowest BCUT2D eigenvalue weighted by Crippen LogP contribution is -2.47. The summed E-state index contributed by atoms with van der Waals surface area (Å²) in [5.74, 6) is -1.26. The monoisotopic (exact) mass is 462 g/mol. The molecule has 0 radical (unpaired) electrons. The zero-order valence-corrected chi connectivity index (χ0v) is 19.3. The first kappa shape index (κ1) is 22.9. The molecular weight excluding hydrogens is 436 g/mol. The maximum Gasteiger partial charge on any atom is 0.339 e. The summed E-state index contributed by atoms with van der Waals surface area (Å²) >= 11 is 1.40. The molecule has 1 atom stereocenters. The van der Waals surface area contributed by atoms with E-state index >= 15 is 0 Å². The number of rotatable bonds is 7. The van der Waals surface area contributed by atoms with Gasteiger partial charge in [0.15, 0.2) is 17.0 Å². The average Bonchev–Trinajstić information content (AvgIpc) is 3.39. The van der Waals surface area contributed by atoms with Crippen molar-refractivity contribution in [3.63, 3.8) is 0 Å². The molecule has 1 fully saturated rings. The molecular formula is C26H26N2O4S. The predicted molar refractivity (Wildman–Crippen MR) is 128 cm³/mol. The van der Waals surface area contributed by atoms with Gasteiger partial charge < -0.3 is 4.74 Å². The third-order valence-electron chi connectivity index (χ3n) is 5.86. The second-order valence-corrected chi connectivity index (χ2v) is 8.98. The van der Waals surface area contributed by atoms with E-state index in [1.807, 2.05) is 11.4 Å². The van der Waals surface area contributed by atoms with E-state index in [-0.39, 0.29) is 28.9 Å². The minimum absolute atomic E-state index is 0.0468. The van der Waals surface area contributed by atoms with Gasteiger partial charge in [0.25, 0.3) is 5.91 Å². The van der Waals surface area contributed by atoms with Gasteiger partial charge in [-0.2, -0.15) is 0 Å². The zero-order valence-electron chi connectivity index (χ0n) is 18.5. The molecule has 1 aromatic heterocycles. The van der Waals surface area contributed by atoms with E-state index < -0.39 is 12.1 Å². The van der Waals surface area contributed by atoms with Gasteiger partial charge in [0.05, 0.1) is 5.56 Å². The molecule has 1 aliphatic carbocycles. The van der Waals surface area contributed by atoms with Crippen LogP contribution < -0.4 is 4.90 Å². The highest BCUT2D eigenvalue weighted by atomic mass is 32.1. The van der Waals surface area contributed by atoms with Crippen LogP contribution in [-0.4, -0.2) is 34.8 Å². The third kappa shape index (κ3) is 5.20. The Balaban J connectivity index is 1.53. The van der Waals surface area contributed by atoms with Gasteiger partial charge in [-0.05, 0) is 25.8 Å². The molecule has 33 heavy (non-hydrogen) atoms. The van der Waals surface area contributed by atoms with Crippen LogP contribution in [0.15, 0.2) is 66.2 Å². The number of amides is 1. The molecule has 6 nitrogen and oxygen atoms in total. The number of hydrogen-bond acceptors (Lipinski definition) is 6. The number of nitrogens with zero attached hydrogens (tertiary/aromatic N) is 2. The number of ketones is 1. The van der Waals surface area contributed by atoms with Gasteiger partial charge in [0.2, 0.25) is 0 Å². The van der Waals surface area contributed by atoms with Crippen LogP contribution in [-0.2, 0) is 9.53 Å². The van der Waals surface area contributed by atoms with Crippen molar-refractivity contribution in [1.82, 2.24) is 4.98 Å². The fourth-order valence-corrected chi connectivity index (χ4v) is 4.90. The third-order valence-corrected chi connectivity index (χ3v) is 6.63. The quantitative estimate of drug-likeness (QED) is 0.352. The first-order valence-corrected chi connectivity index (χ1v) is 12.1. The van der Waals surface area contributed by atoms with Gasteiger partial charge in [-0.1, -0.05) is 67.8 Å². The van der Waals surface area contributed by atoms with Gasteiger partial charge in [0, 0.05) is 28.7 Å². The van der Waals surface area contributed by atoms with Crippen molar-refractivity contribution in [2.75, 3.05) is 4.90 Å². The van der Waals surface area contributed by atoms with Crippen LogP contribution in [0.1, 0.15) is 65.3 Å². The van der Waals surface area contributed by atoms with Crippen molar-refractivity contribution in [3.05, 3.63) is 82.9 Å². The van der Waals surface area contributed by atoms with E-state index in [9.17, 15) is 14.4 Å². The molecule has 2 aromatic carbocycles. The fraction of sp³-hybridized carbons (Fsp3) is 0.308. The van der Waals surface area contributed by atoms with Gasteiger partial charge in [-0.25, -0.2) is 9.78 Å². The highest BCUT2D eigenvalue weighted by Gasteiger charge is 2.33. The summed E-state index contributed by atoms with van der Waals surface area (Å²) in [5, 5.41) is 2.45. The number of aromatic nitrogens is 1. The Hall–Kier alpha value is -3.32. The van der Waals surface area contributed by atoms with Crippen molar-refractivity contribution < 1.29 is 19.1 Å². The summed E-state index contributed by atoms with van der Waals surface area (Å²) in [6, 6.07) is 15.3. The van der Waals surface area contributed by atoms with Crippen LogP contribution in [0, 0.1) is 0 Å². The van der Waals surface area contributed by atoms with E-state index in [1.165, 1.54) is 11.3 Å². The Morgan fingerprint density at radius 1 is 0.970 bits per heavy atom. The number of anilines is 1. The van der Waals surface area contributed by atoms with Gasteiger partial charge in [-0.15, -0.1) is 11.3 Å². The van der Waals surface area contributed by atoms with E-state index in [0.717, 1.165) is 32.1 Å². The molecule has 1 aliphatic rings. The lowest BCUT2D eigenvalue weighted by molar-refractivity contribution is -0.127. The Morgan fingerprint density at radius 2 is 1.64 bits per heavy atom. The first-order chi connectivity index (χ1) is 16.1. The largest absolute Gasteiger partial charge is 0.449 e. The standard InChI is InChI=1S/C26H26N2O4S/c1-18(24(30)28(26-27-16-17-33-26)20-12-6-3-7-13-20)32-25(31)22-15-9-8-14-21(22)23(29)19-10-4-2-5-11-19/h2,4-5,8-11,14-18,20H,3,6-7,12-13H2,1H3. The summed E-state index contributed by atoms with van der Waals surface area (Å²) in [7, 11) is 0. The van der Waals surface area contributed by atoms with Crippen molar-refractivity contribution in [1.29, 1.82) is 0 Å². The Labute approximate surface area is 197 Å². The second kappa shape index (κ2) is 10.5. The first-order valence-electron chi connectivity index (χ1n) is 11.2. The Bertz CT molecular complexity index is 1110. The predicted octanol–water partition coefficient (Wildman–Crippen LogP) is 5.29. The lowest BCUT2D eigenvalue weighted by Gasteiger charge is -2.33. The minimum Gasteiger partial charge on any atom is -0.449 e. The average molecular weight is 463 g/mol. The molecule has 1 saturated carbocycles. The molecule has 0 saturated heterocycles. The van der Waals surface area contributed by atoms with E-state index in [2.05, 4.69) is 4.98 Å². The normalized spacial score (nSPS) is 14.9. The maximum absolute atomic E-state index is 13.4. The van der Waals surface area contributed by atoms with Crippen LogP contribution in [0.25, 0.3) is 0 Å². The van der Waals surface area contributed by atoms with Crippen LogP contribution in [0.5, 0.6) is 0 Å². The number of esters is 1. The molecule has 0 bridgehead atoms. The van der Waals surface area contributed by atoms with E-state index in [1.54, 1.807) is 66.6 Å². The molecule has 4 rings (SSSR count). The molecule has 0 spiro atoms. The number of carbonyl (C=O) groups is 3. The maximum atomic E-state index is 13.4. The topological polar surface area (TPSA) is 76.6 Å². The summed E-state index contributed by atoms with van der Waals surface area (Å²) in [5.41, 5.74) is 0.871. The molecule has 170 valence electrons. The molecule has 1 unspecified atom stereocenters. The van der Waals surface area contributed by atoms with Crippen LogP contribution in [0.4, 0.5) is 5.13 Å². The molecule has 0 N–H and O–H groups in total. The van der Waals surface area contributed by atoms with Crippen LogP contribution in [0.2, 0.25) is 0 Å². The summed E-state index contributed by atoms with van der Waals surface area (Å²) in [6.45, 7) is 1.57. The highest BCUT2D eigenvalue weighted by Crippen LogP contribution is 2.30. The Morgan fingerprint density at radius 3 is 2.30 bits per heavy atom. The number of benzene rings is 2. The number of thiazole rings is 1. The van der Waals surface area contributed by atoms with E-state index in [4.69, 9.17) is 4.74 Å². The molecule has 3 aromatic rings. The number of carbonyl (C=O) groups excluding carboxylic acids is 3. The van der Waals surface area contributed by atoms with Crippen LogP contribution in [0.3, 0.4) is 0 Å². The molecule has 1 amide bonds. The van der Waals surface area contributed by atoms with Crippen molar-refractivity contribution in [2.24, 2.45) is 0 Å². The zero-order chi connectivity index (χ0) is 23.2. The van der Waals surface area contributed by atoms with E-state index in [0.29, 0.717) is 10.7 Å². The lowest BCUT2D eigenvalue weighted by atomic mass is 9.94. The second-order valence-electron chi connectivity index (χ2n) is 8.10. The molecule has 7 heteroatoms. The Kier molecular flexibility index (Phi) is 7.29. The SMILES string of the molecule is CC(OC(=O)c1ccccc1C(=O)c1ccccc1)C(=O)N(c1nccs1)C1CCCCC1. The number of hydrogen-bond donors (Lipinski definition) is 0. The summed E-state index contributed by atoms with van der Waals surface area (Å²) in [6.07, 6.45) is 5.74. The molecule has 0 aliphatic heterocycles. The summed E-state index contributed by atoms with van der Waals surface area (Å²) < 4.78 is 5.59. The van der Waals surface area contributed by atoms with Crippen molar-refractivity contribution in [3.8, 4) is 0 Å². The minimum atomic E-state index is -1.01. The molecule has 1 heterocycles. The highest BCUT2D eigenvalue weighted by molar-refractivity contribution is 7.13. The van der Waals surface area contributed by atoms with Gasteiger partial charge in [0.1, 0.15) is 0 Å². The number of ether oxygens (including phenoxy) is 1.